The Bertz CT molecular complexity index is 560. The van der Waals surface area contributed by atoms with E-state index in [-0.39, 0.29) is 11.2 Å². The highest BCUT2D eigenvalue weighted by atomic mass is 19.1. The van der Waals surface area contributed by atoms with Gasteiger partial charge in [-0.25, -0.2) is 9.18 Å². The standard InChI is InChI=1S/C17H22FNO2/c1-17(2,3)13-8-9-19(11-13)15-6-4-12(10-14(15)18)5-7-16(20)21/h4-7,10,13H,8-9,11H2,1-3H3,(H,20,21)/b7-5+. The van der Waals surface area contributed by atoms with Crippen LogP contribution in [0.3, 0.4) is 0 Å². The topological polar surface area (TPSA) is 40.5 Å². The zero-order chi connectivity index (χ0) is 15.6. The molecular weight excluding hydrogens is 269 g/mol. The first-order chi connectivity index (χ1) is 9.77. The Morgan fingerprint density at radius 3 is 2.67 bits per heavy atom. The van der Waals surface area contributed by atoms with E-state index in [1.54, 1.807) is 12.1 Å². The first-order valence-corrected chi connectivity index (χ1v) is 7.23. The molecule has 21 heavy (non-hydrogen) atoms. The summed E-state index contributed by atoms with van der Waals surface area (Å²) in [6.45, 7) is 8.39. The number of carboxylic acids is 1. The van der Waals surface area contributed by atoms with E-state index in [0.717, 1.165) is 25.6 Å². The normalized spacial score (nSPS) is 19.4. The summed E-state index contributed by atoms with van der Waals surface area (Å²) in [5, 5.41) is 8.59. The highest BCUT2D eigenvalue weighted by molar-refractivity contribution is 5.85. The van der Waals surface area contributed by atoms with Gasteiger partial charge in [-0.05, 0) is 41.5 Å². The third kappa shape index (κ3) is 3.84. The minimum absolute atomic E-state index is 0.232. The van der Waals surface area contributed by atoms with Crippen LogP contribution in [0.2, 0.25) is 0 Å². The fourth-order valence-electron chi connectivity index (χ4n) is 2.74. The summed E-state index contributed by atoms with van der Waals surface area (Å²) >= 11 is 0. The van der Waals surface area contributed by atoms with Crippen molar-refractivity contribution in [1.29, 1.82) is 0 Å². The van der Waals surface area contributed by atoms with Crippen LogP contribution in [0.25, 0.3) is 6.08 Å². The molecular formula is C17H22FNO2. The highest BCUT2D eigenvalue weighted by Crippen LogP contribution is 2.36. The monoisotopic (exact) mass is 291 g/mol. The van der Waals surface area contributed by atoms with Crippen LogP contribution in [0.4, 0.5) is 10.1 Å². The Hall–Kier alpha value is -1.84. The maximum atomic E-state index is 14.2. The van der Waals surface area contributed by atoms with Gasteiger partial charge in [-0.3, -0.25) is 0 Å². The smallest absolute Gasteiger partial charge is 0.328 e. The molecule has 1 atom stereocenters. The zero-order valence-electron chi connectivity index (χ0n) is 12.8. The number of hydrogen-bond acceptors (Lipinski definition) is 2. The predicted octanol–water partition coefficient (Wildman–Crippen LogP) is 3.80. The summed E-state index contributed by atoms with van der Waals surface area (Å²) in [4.78, 5) is 12.6. The second-order valence-electron chi connectivity index (χ2n) is 6.68. The van der Waals surface area contributed by atoms with E-state index >= 15 is 0 Å². The number of nitrogens with zero attached hydrogens (tertiary/aromatic N) is 1. The van der Waals surface area contributed by atoms with Gasteiger partial charge in [0.2, 0.25) is 0 Å². The van der Waals surface area contributed by atoms with Crippen LogP contribution in [0.1, 0.15) is 32.8 Å². The molecule has 0 radical (unpaired) electrons. The molecule has 0 bridgehead atoms. The van der Waals surface area contributed by atoms with Crippen LogP contribution in [0.15, 0.2) is 24.3 Å². The molecule has 0 aliphatic carbocycles. The van der Waals surface area contributed by atoms with Gasteiger partial charge in [-0.2, -0.15) is 0 Å². The molecule has 1 saturated heterocycles. The molecule has 1 fully saturated rings. The van der Waals surface area contributed by atoms with Crippen molar-refractivity contribution in [2.45, 2.75) is 27.2 Å². The minimum Gasteiger partial charge on any atom is -0.478 e. The predicted molar refractivity (Wildman–Crippen MR) is 82.8 cm³/mol. The first-order valence-electron chi connectivity index (χ1n) is 7.23. The summed E-state index contributed by atoms with van der Waals surface area (Å²) in [6, 6.07) is 4.88. The van der Waals surface area contributed by atoms with E-state index in [1.807, 2.05) is 0 Å². The van der Waals surface area contributed by atoms with E-state index in [0.29, 0.717) is 17.2 Å². The Morgan fingerprint density at radius 2 is 2.14 bits per heavy atom. The van der Waals surface area contributed by atoms with Gasteiger partial charge in [0.15, 0.2) is 0 Å². The largest absolute Gasteiger partial charge is 0.478 e. The molecule has 0 spiro atoms. The van der Waals surface area contributed by atoms with Crippen molar-refractivity contribution in [2.75, 3.05) is 18.0 Å². The summed E-state index contributed by atoms with van der Waals surface area (Å²) < 4.78 is 14.2. The van der Waals surface area contributed by atoms with Gasteiger partial charge in [0.05, 0.1) is 5.69 Å². The summed E-state index contributed by atoms with van der Waals surface area (Å²) in [5.41, 5.74) is 1.40. The molecule has 1 N–H and O–H groups in total. The van der Waals surface area contributed by atoms with Gasteiger partial charge in [-0.15, -0.1) is 0 Å². The van der Waals surface area contributed by atoms with Crippen LogP contribution in [-0.2, 0) is 4.79 Å². The Labute approximate surface area is 125 Å². The zero-order valence-corrected chi connectivity index (χ0v) is 12.8. The molecule has 0 aromatic heterocycles. The van der Waals surface area contributed by atoms with E-state index in [4.69, 9.17) is 5.11 Å². The van der Waals surface area contributed by atoms with Crippen LogP contribution in [0.5, 0.6) is 0 Å². The molecule has 1 heterocycles. The second-order valence-corrected chi connectivity index (χ2v) is 6.68. The van der Waals surface area contributed by atoms with Crippen molar-refractivity contribution in [3.05, 3.63) is 35.7 Å². The molecule has 3 nitrogen and oxygen atoms in total. The molecule has 0 saturated carbocycles. The van der Waals surface area contributed by atoms with Crippen LogP contribution < -0.4 is 4.90 Å². The molecule has 1 aromatic rings. The van der Waals surface area contributed by atoms with Gasteiger partial charge in [0, 0.05) is 19.2 Å². The number of benzene rings is 1. The lowest BCUT2D eigenvalue weighted by Crippen LogP contribution is -2.26. The lowest BCUT2D eigenvalue weighted by molar-refractivity contribution is -0.131. The van der Waals surface area contributed by atoms with Gasteiger partial charge in [0.1, 0.15) is 5.82 Å². The fourth-order valence-corrected chi connectivity index (χ4v) is 2.74. The van der Waals surface area contributed by atoms with E-state index in [2.05, 4.69) is 25.7 Å². The Balaban J connectivity index is 2.14. The molecule has 4 heteroatoms. The van der Waals surface area contributed by atoms with E-state index < -0.39 is 5.97 Å². The van der Waals surface area contributed by atoms with E-state index in [9.17, 15) is 9.18 Å². The SMILES string of the molecule is CC(C)(C)C1CCN(c2ccc(/C=C/C(=O)O)cc2F)C1. The van der Waals surface area contributed by atoms with Gasteiger partial charge >= 0.3 is 5.97 Å². The number of aliphatic carboxylic acids is 1. The average molecular weight is 291 g/mol. The Morgan fingerprint density at radius 1 is 1.43 bits per heavy atom. The maximum Gasteiger partial charge on any atom is 0.328 e. The number of carbonyl (C=O) groups is 1. The lowest BCUT2D eigenvalue weighted by atomic mass is 9.80. The van der Waals surface area contributed by atoms with Crippen LogP contribution >= 0.6 is 0 Å². The summed E-state index contributed by atoms with van der Waals surface area (Å²) in [6.07, 6.45) is 3.49. The number of hydrogen-bond donors (Lipinski definition) is 1. The third-order valence-corrected chi connectivity index (χ3v) is 4.14. The second kappa shape index (κ2) is 5.88. The van der Waals surface area contributed by atoms with Crippen molar-refractivity contribution >= 4 is 17.7 Å². The third-order valence-electron chi connectivity index (χ3n) is 4.14. The van der Waals surface area contributed by atoms with Crippen molar-refractivity contribution in [2.24, 2.45) is 11.3 Å². The average Bonchev–Trinajstić information content (AvgIpc) is 2.85. The van der Waals surface area contributed by atoms with Crippen molar-refractivity contribution in [3.8, 4) is 0 Å². The van der Waals surface area contributed by atoms with E-state index in [1.165, 1.54) is 12.1 Å². The Kier molecular flexibility index (Phi) is 4.35. The number of rotatable bonds is 3. The number of anilines is 1. The molecule has 1 aliphatic rings. The summed E-state index contributed by atoms with van der Waals surface area (Å²) in [5.74, 6) is -0.771. The van der Waals surface area contributed by atoms with Crippen LogP contribution in [0, 0.1) is 17.2 Å². The molecule has 1 aliphatic heterocycles. The van der Waals surface area contributed by atoms with Crippen molar-refractivity contribution < 1.29 is 14.3 Å². The number of carboxylic acid groups (broad SMARTS) is 1. The summed E-state index contributed by atoms with van der Waals surface area (Å²) in [7, 11) is 0. The molecule has 2 rings (SSSR count). The lowest BCUT2D eigenvalue weighted by Gasteiger charge is -2.27. The maximum absolute atomic E-state index is 14.2. The first kappa shape index (κ1) is 15.5. The molecule has 114 valence electrons. The molecule has 1 unspecified atom stereocenters. The van der Waals surface area contributed by atoms with Gasteiger partial charge in [0.25, 0.3) is 0 Å². The minimum atomic E-state index is -1.04. The van der Waals surface area contributed by atoms with Crippen LogP contribution in [-0.4, -0.2) is 24.2 Å². The molecule has 1 aromatic carbocycles. The van der Waals surface area contributed by atoms with Crippen molar-refractivity contribution in [3.63, 3.8) is 0 Å². The van der Waals surface area contributed by atoms with Gasteiger partial charge < -0.3 is 10.0 Å². The van der Waals surface area contributed by atoms with Crippen molar-refractivity contribution in [1.82, 2.24) is 0 Å². The highest BCUT2D eigenvalue weighted by Gasteiger charge is 2.32. The van der Waals surface area contributed by atoms with Gasteiger partial charge in [-0.1, -0.05) is 26.8 Å². The molecule has 0 amide bonds. The fraction of sp³-hybridized carbons (Fsp3) is 0.471. The quantitative estimate of drug-likeness (QED) is 0.861. The number of halogens is 1.